The molecule has 0 atom stereocenters. The highest BCUT2D eigenvalue weighted by Crippen LogP contribution is 2.29. The number of fused-ring (bicyclic) bond motifs is 1. The third-order valence-corrected chi connectivity index (χ3v) is 7.76. The molecule has 6 rings (SSSR count). The van der Waals surface area contributed by atoms with E-state index in [1.54, 1.807) is 10.7 Å². The van der Waals surface area contributed by atoms with Crippen LogP contribution >= 0.6 is 11.6 Å². The maximum atomic E-state index is 13.9. The number of hydrogen-bond acceptors (Lipinski definition) is 3. The Morgan fingerprint density at radius 2 is 1.74 bits per heavy atom. The molecule has 2 aromatic heterocycles. The maximum Gasteiger partial charge on any atom is 0.326 e. The number of benzene rings is 3. The van der Waals surface area contributed by atoms with Crippen molar-refractivity contribution >= 4 is 28.5 Å². The molecular weight excluding hydrogens is 498 g/mol. The molecule has 1 aliphatic heterocycles. The Morgan fingerprint density at radius 3 is 2.50 bits per heavy atom. The number of carbonyl (C=O) groups is 1. The lowest BCUT2D eigenvalue weighted by molar-refractivity contribution is 0.0685. The molecule has 7 nitrogen and oxygen atoms in total. The van der Waals surface area contributed by atoms with E-state index >= 15 is 0 Å². The van der Waals surface area contributed by atoms with Gasteiger partial charge in [0.25, 0.3) is 5.91 Å². The first-order valence-corrected chi connectivity index (χ1v) is 13.2. The number of carbonyl (C=O) groups excluding carboxylic acids is 1. The number of piperidine rings is 1. The van der Waals surface area contributed by atoms with Gasteiger partial charge in [-0.05, 0) is 80.3 Å². The molecule has 0 radical (unpaired) electrons. The van der Waals surface area contributed by atoms with Gasteiger partial charge in [-0.25, -0.2) is 9.48 Å². The van der Waals surface area contributed by atoms with Crippen molar-refractivity contribution in [2.45, 2.75) is 32.7 Å². The lowest BCUT2D eigenvalue weighted by atomic mass is 10.0. The molecule has 192 valence electrons. The predicted octanol–water partition coefficient (Wildman–Crippen LogP) is 5.93. The molecule has 0 spiro atoms. The first-order chi connectivity index (χ1) is 18.4. The summed E-state index contributed by atoms with van der Waals surface area (Å²) >= 11 is 6.29. The topological polar surface area (TPSA) is 75.9 Å². The van der Waals surface area contributed by atoms with E-state index in [0.29, 0.717) is 36.6 Å². The van der Waals surface area contributed by atoms with Crippen LogP contribution in [0.3, 0.4) is 0 Å². The SMILES string of the molecule is Cc1ccc(-c2cc(C(=O)N3CCC(n4c(=O)[nH]c5ccccc54)CC3)n(-c3cccc(Cl)c3)n2)cc1C. The minimum Gasteiger partial charge on any atom is -0.337 e. The predicted molar refractivity (Wildman–Crippen MR) is 150 cm³/mol. The zero-order valence-corrected chi connectivity index (χ0v) is 22.1. The second-order valence-corrected chi connectivity index (χ2v) is 10.4. The second kappa shape index (κ2) is 9.65. The number of likely N-dealkylation sites (tertiary alicyclic amines) is 1. The third-order valence-electron chi connectivity index (χ3n) is 7.52. The zero-order chi connectivity index (χ0) is 26.4. The summed E-state index contributed by atoms with van der Waals surface area (Å²) in [6.07, 6.45) is 1.39. The molecule has 1 N–H and O–H groups in total. The number of hydrogen-bond donors (Lipinski definition) is 1. The van der Waals surface area contributed by atoms with E-state index in [-0.39, 0.29) is 17.6 Å². The number of amides is 1. The van der Waals surface area contributed by atoms with Gasteiger partial charge >= 0.3 is 5.69 Å². The van der Waals surface area contributed by atoms with Crippen LogP contribution in [0, 0.1) is 13.8 Å². The van der Waals surface area contributed by atoms with Crippen LogP contribution in [0.4, 0.5) is 0 Å². The number of aryl methyl sites for hydroxylation is 2. The quantitative estimate of drug-likeness (QED) is 0.316. The van der Waals surface area contributed by atoms with Crippen molar-refractivity contribution in [3.63, 3.8) is 0 Å². The third kappa shape index (κ3) is 4.33. The number of nitrogens with zero attached hydrogens (tertiary/aromatic N) is 4. The van der Waals surface area contributed by atoms with E-state index in [4.69, 9.17) is 16.7 Å². The van der Waals surface area contributed by atoms with Gasteiger partial charge in [-0.3, -0.25) is 9.36 Å². The zero-order valence-electron chi connectivity index (χ0n) is 21.3. The lowest BCUT2D eigenvalue weighted by Crippen LogP contribution is -2.41. The van der Waals surface area contributed by atoms with Crippen molar-refractivity contribution in [3.8, 4) is 16.9 Å². The molecule has 0 saturated carbocycles. The number of aromatic amines is 1. The number of H-pyrrole nitrogens is 1. The molecular formula is C30H28ClN5O2. The van der Waals surface area contributed by atoms with Crippen molar-refractivity contribution in [1.82, 2.24) is 24.2 Å². The highest BCUT2D eigenvalue weighted by molar-refractivity contribution is 6.30. The van der Waals surface area contributed by atoms with E-state index in [1.807, 2.05) is 64.1 Å². The Morgan fingerprint density at radius 1 is 0.947 bits per heavy atom. The monoisotopic (exact) mass is 525 g/mol. The van der Waals surface area contributed by atoms with Gasteiger partial charge in [-0.2, -0.15) is 5.10 Å². The summed E-state index contributed by atoms with van der Waals surface area (Å²) in [7, 11) is 0. The summed E-state index contributed by atoms with van der Waals surface area (Å²) in [4.78, 5) is 31.4. The lowest BCUT2D eigenvalue weighted by Gasteiger charge is -2.32. The summed E-state index contributed by atoms with van der Waals surface area (Å²) in [6, 6.07) is 23.2. The Bertz CT molecular complexity index is 1720. The van der Waals surface area contributed by atoms with Gasteiger partial charge in [0.15, 0.2) is 0 Å². The molecule has 0 bridgehead atoms. The average Bonchev–Trinajstić information content (AvgIpc) is 3.51. The molecule has 1 aliphatic rings. The standard InChI is InChI=1S/C30H28ClN5O2/c1-19-10-11-21(16-20(19)2)26-18-28(36(33-26)24-7-5-6-22(31)17-24)29(37)34-14-12-23(13-15-34)35-27-9-4-3-8-25(27)32-30(35)38/h3-11,16-18,23H,12-15H2,1-2H3,(H,32,38). The van der Waals surface area contributed by atoms with E-state index in [9.17, 15) is 9.59 Å². The molecule has 1 fully saturated rings. The second-order valence-electron chi connectivity index (χ2n) is 9.95. The van der Waals surface area contributed by atoms with E-state index in [2.05, 4.69) is 31.0 Å². The van der Waals surface area contributed by atoms with Gasteiger partial charge < -0.3 is 9.88 Å². The van der Waals surface area contributed by atoms with Gasteiger partial charge in [-0.1, -0.05) is 41.9 Å². The fourth-order valence-electron chi connectivity index (χ4n) is 5.31. The highest BCUT2D eigenvalue weighted by Gasteiger charge is 2.29. The molecule has 0 unspecified atom stereocenters. The fraction of sp³-hybridized carbons (Fsp3) is 0.233. The number of imidazole rings is 1. The van der Waals surface area contributed by atoms with E-state index in [1.165, 1.54) is 11.1 Å². The molecule has 1 amide bonds. The van der Waals surface area contributed by atoms with Crippen molar-refractivity contribution < 1.29 is 4.79 Å². The first kappa shape index (κ1) is 24.2. The number of nitrogens with one attached hydrogen (secondary N) is 1. The Labute approximate surface area is 225 Å². The highest BCUT2D eigenvalue weighted by atomic mass is 35.5. The first-order valence-electron chi connectivity index (χ1n) is 12.8. The molecule has 5 aromatic rings. The maximum absolute atomic E-state index is 13.9. The minimum absolute atomic E-state index is 0.0339. The van der Waals surface area contributed by atoms with Gasteiger partial charge in [0, 0.05) is 29.7 Å². The Balaban J connectivity index is 1.31. The van der Waals surface area contributed by atoms with Crippen LogP contribution < -0.4 is 5.69 Å². The van der Waals surface area contributed by atoms with Crippen LogP contribution in [-0.4, -0.2) is 43.2 Å². The summed E-state index contributed by atoms with van der Waals surface area (Å²) in [6.45, 7) is 5.25. The molecule has 38 heavy (non-hydrogen) atoms. The van der Waals surface area contributed by atoms with Crippen molar-refractivity contribution in [3.05, 3.63) is 105 Å². The van der Waals surface area contributed by atoms with Crippen LogP contribution in [0.25, 0.3) is 28.0 Å². The van der Waals surface area contributed by atoms with Crippen molar-refractivity contribution in [1.29, 1.82) is 0 Å². The average molecular weight is 526 g/mol. The fourth-order valence-corrected chi connectivity index (χ4v) is 5.49. The summed E-state index contributed by atoms with van der Waals surface area (Å²) < 4.78 is 3.53. The Hall–Kier alpha value is -4.10. The normalized spacial score (nSPS) is 14.3. The van der Waals surface area contributed by atoms with E-state index in [0.717, 1.165) is 28.0 Å². The van der Waals surface area contributed by atoms with Gasteiger partial charge in [0.1, 0.15) is 5.69 Å². The number of halogens is 1. The number of rotatable bonds is 4. The van der Waals surface area contributed by atoms with Crippen LogP contribution in [0.15, 0.2) is 77.6 Å². The van der Waals surface area contributed by atoms with E-state index < -0.39 is 0 Å². The number of aromatic nitrogens is 4. The molecule has 1 saturated heterocycles. The van der Waals surface area contributed by atoms with Crippen molar-refractivity contribution in [2.24, 2.45) is 0 Å². The minimum atomic E-state index is -0.104. The number of para-hydroxylation sites is 2. The molecule has 3 heterocycles. The van der Waals surface area contributed by atoms with Gasteiger partial charge in [0.2, 0.25) is 0 Å². The molecule has 0 aliphatic carbocycles. The van der Waals surface area contributed by atoms with Gasteiger partial charge in [-0.15, -0.1) is 0 Å². The molecule has 3 aromatic carbocycles. The van der Waals surface area contributed by atoms with Crippen LogP contribution in [0.5, 0.6) is 0 Å². The van der Waals surface area contributed by atoms with Crippen LogP contribution in [0.2, 0.25) is 5.02 Å². The summed E-state index contributed by atoms with van der Waals surface area (Å²) in [5.74, 6) is -0.0858. The smallest absolute Gasteiger partial charge is 0.326 e. The summed E-state index contributed by atoms with van der Waals surface area (Å²) in [5, 5.41) is 5.42. The van der Waals surface area contributed by atoms with Gasteiger partial charge in [0.05, 0.1) is 22.4 Å². The summed E-state index contributed by atoms with van der Waals surface area (Å²) in [5.41, 5.74) is 6.92. The Kier molecular flexibility index (Phi) is 6.16. The largest absolute Gasteiger partial charge is 0.337 e. The van der Waals surface area contributed by atoms with Crippen LogP contribution in [-0.2, 0) is 0 Å². The molecule has 8 heteroatoms. The van der Waals surface area contributed by atoms with Crippen LogP contribution in [0.1, 0.15) is 40.5 Å². The van der Waals surface area contributed by atoms with Crippen molar-refractivity contribution in [2.75, 3.05) is 13.1 Å².